The van der Waals surface area contributed by atoms with Gasteiger partial charge in [0.15, 0.2) is 0 Å². The maximum absolute atomic E-state index is 12.9. The smallest absolute Gasteiger partial charge is 0.369 e. The minimum atomic E-state index is -4.35. The summed E-state index contributed by atoms with van der Waals surface area (Å²) >= 11 is 6.17. The van der Waals surface area contributed by atoms with Gasteiger partial charge < -0.3 is 4.90 Å². The van der Waals surface area contributed by atoms with Gasteiger partial charge in [0.05, 0.1) is 5.56 Å². The van der Waals surface area contributed by atoms with Crippen LogP contribution >= 0.6 is 11.6 Å². The first-order chi connectivity index (χ1) is 14.6. The highest BCUT2D eigenvalue weighted by Gasteiger charge is 2.59. The number of hydrogen-bond donors (Lipinski definition) is 0. The lowest BCUT2D eigenvalue weighted by molar-refractivity contribution is -0.137. The van der Waals surface area contributed by atoms with Crippen molar-refractivity contribution in [2.75, 3.05) is 37.6 Å². The largest absolute Gasteiger partial charge is 0.416 e. The maximum Gasteiger partial charge on any atom is 0.416 e. The van der Waals surface area contributed by atoms with Crippen molar-refractivity contribution >= 4 is 23.1 Å². The quantitative estimate of drug-likeness (QED) is 0.596. The Hall–Kier alpha value is -2.05. The van der Waals surface area contributed by atoms with Crippen LogP contribution in [0.25, 0.3) is 0 Å². The Balaban J connectivity index is 1.41. The van der Waals surface area contributed by atoms with E-state index < -0.39 is 17.2 Å². The maximum atomic E-state index is 12.9. The molecular formula is C24H26ClF3N2O. The number of anilines is 1. The lowest BCUT2D eigenvalue weighted by atomic mass is 9.93. The predicted molar refractivity (Wildman–Crippen MR) is 117 cm³/mol. The lowest BCUT2D eigenvalue weighted by Crippen LogP contribution is -2.49. The minimum absolute atomic E-state index is 0.0134. The fourth-order valence-corrected chi connectivity index (χ4v) is 4.96. The number of rotatable bonds is 5. The molecule has 0 N–H and O–H groups in total. The highest BCUT2D eigenvalue weighted by molar-refractivity contribution is 6.30. The molecular weight excluding hydrogens is 425 g/mol. The topological polar surface area (TPSA) is 23.6 Å². The van der Waals surface area contributed by atoms with Crippen molar-refractivity contribution in [3.05, 3.63) is 64.2 Å². The molecule has 3 nitrogen and oxygen atoms in total. The fourth-order valence-electron chi connectivity index (χ4n) is 4.79. The molecule has 2 aromatic carbocycles. The zero-order valence-corrected chi connectivity index (χ0v) is 18.4. The molecule has 0 radical (unpaired) electrons. The van der Waals surface area contributed by atoms with Crippen LogP contribution < -0.4 is 4.90 Å². The van der Waals surface area contributed by atoms with Crippen molar-refractivity contribution in [1.29, 1.82) is 0 Å². The van der Waals surface area contributed by atoms with Crippen molar-refractivity contribution in [3.8, 4) is 0 Å². The highest BCUT2D eigenvalue weighted by Crippen LogP contribution is 2.60. The average Bonchev–Trinajstić information content (AvgIpc) is 3.45. The van der Waals surface area contributed by atoms with Crippen LogP contribution in [0.5, 0.6) is 0 Å². The number of aryl methyl sites for hydroxylation is 1. The zero-order chi connectivity index (χ0) is 22.4. The second kappa shape index (κ2) is 8.14. The van der Waals surface area contributed by atoms with Gasteiger partial charge in [-0.25, -0.2) is 0 Å². The molecule has 1 aliphatic carbocycles. The van der Waals surface area contributed by atoms with Crippen LogP contribution in [-0.2, 0) is 11.0 Å². The standard InChI is InChI=1S/C24H26ClF3N2O/c1-16-3-8-20(25)13-22(16)30-11-9-29(10-12-30)15-23(17(2)31)14-21(23)18-4-6-19(7-5-18)24(26,27)28/h3-8,13,21H,9-12,14-15H2,1-2H3/t21?,23-/m0/s1. The number of nitrogens with zero attached hydrogens (tertiary/aromatic N) is 2. The molecule has 7 heteroatoms. The third-order valence-corrected chi connectivity index (χ3v) is 7.04. The number of Topliss-reactive ketones (excluding diaryl/α,β-unsaturated/α-hetero) is 1. The summed E-state index contributed by atoms with van der Waals surface area (Å²) in [5.74, 6) is 0.103. The summed E-state index contributed by atoms with van der Waals surface area (Å²) in [6.07, 6.45) is -3.65. The van der Waals surface area contributed by atoms with E-state index in [2.05, 4.69) is 16.7 Å². The van der Waals surface area contributed by atoms with E-state index in [-0.39, 0.29) is 11.7 Å². The molecule has 0 bridgehead atoms. The van der Waals surface area contributed by atoms with Gasteiger partial charge in [-0.1, -0.05) is 29.8 Å². The van der Waals surface area contributed by atoms with Crippen LogP contribution in [-0.4, -0.2) is 43.4 Å². The second-order valence-corrected chi connectivity index (χ2v) is 9.22. The molecule has 1 heterocycles. The van der Waals surface area contributed by atoms with Crippen LogP contribution in [0.1, 0.15) is 36.0 Å². The van der Waals surface area contributed by atoms with Gasteiger partial charge in [-0.05, 0) is 61.6 Å². The summed E-state index contributed by atoms with van der Waals surface area (Å²) in [5, 5.41) is 0.718. The van der Waals surface area contributed by atoms with Crippen molar-refractivity contribution in [2.45, 2.75) is 32.4 Å². The molecule has 0 amide bonds. The van der Waals surface area contributed by atoms with E-state index in [1.165, 1.54) is 17.7 Å². The summed E-state index contributed by atoms with van der Waals surface area (Å²) in [6.45, 7) is 7.69. The SMILES string of the molecule is CC(=O)[C@@]1(CN2CCN(c3cc(Cl)ccc3C)CC2)CC1c1ccc(C(F)(F)F)cc1. The van der Waals surface area contributed by atoms with E-state index in [1.54, 1.807) is 6.92 Å². The Morgan fingerprint density at radius 2 is 1.74 bits per heavy atom. The Labute approximate surface area is 185 Å². The van der Waals surface area contributed by atoms with Crippen LogP contribution in [0.4, 0.5) is 18.9 Å². The fraction of sp³-hybridized carbons (Fsp3) is 0.458. The molecule has 4 rings (SSSR count). The van der Waals surface area contributed by atoms with Gasteiger partial charge >= 0.3 is 6.18 Å². The number of alkyl halides is 3. The van der Waals surface area contributed by atoms with Gasteiger partial charge in [0, 0.05) is 48.8 Å². The van der Waals surface area contributed by atoms with Gasteiger partial charge in [-0.15, -0.1) is 0 Å². The highest BCUT2D eigenvalue weighted by atomic mass is 35.5. The van der Waals surface area contributed by atoms with Crippen LogP contribution in [0.2, 0.25) is 5.02 Å². The van der Waals surface area contributed by atoms with Crippen molar-refractivity contribution < 1.29 is 18.0 Å². The van der Waals surface area contributed by atoms with Gasteiger partial charge in [0.25, 0.3) is 0 Å². The predicted octanol–water partition coefficient (Wildman–Crippen LogP) is 5.55. The van der Waals surface area contributed by atoms with E-state index >= 15 is 0 Å². The number of carbonyl (C=O) groups excluding carboxylic acids is 1. The Bertz CT molecular complexity index is 968. The summed E-state index contributed by atoms with van der Waals surface area (Å²) in [6, 6.07) is 11.2. The Morgan fingerprint density at radius 1 is 1.10 bits per heavy atom. The van der Waals surface area contributed by atoms with E-state index in [0.29, 0.717) is 13.0 Å². The monoisotopic (exact) mass is 450 g/mol. The molecule has 0 aromatic heterocycles. The number of carbonyl (C=O) groups is 1. The van der Waals surface area contributed by atoms with Crippen LogP contribution in [0, 0.1) is 12.3 Å². The number of benzene rings is 2. The summed E-state index contributed by atoms with van der Waals surface area (Å²) in [5.41, 5.74) is 1.99. The first kappa shape index (κ1) is 22.2. The first-order valence-electron chi connectivity index (χ1n) is 10.5. The number of hydrogen-bond acceptors (Lipinski definition) is 3. The molecule has 31 heavy (non-hydrogen) atoms. The number of ketones is 1. The molecule has 2 fully saturated rings. The molecule has 2 aromatic rings. The van der Waals surface area contributed by atoms with Gasteiger partial charge in [0.1, 0.15) is 5.78 Å². The van der Waals surface area contributed by atoms with Gasteiger partial charge in [-0.3, -0.25) is 9.69 Å². The summed E-state index contributed by atoms with van der Waals surface area (Å²) in [4.78, 5) is 17.2. The Kier molecular flexibility index (Phi) is 5.81. The third-order valence-electron chi connectivity index (χ3n) is 6.81. The summed E-state index contributed by atoms with van der Waals surface area (Å²) in [7, 11) is 0. The number of piperazine rings is 1. The minimum Gasteiger partial charge on any atom is -0.369 e. The van der Waals surface area contributed by atoms with E-state index in [4.69, 9.17) is 11.6 Å². The molecule has 2 atom stereocenters. The van der Waals surface area contributed by atoms with Crippen LogP contribution in [0.3, 0.4) is 0 Å². The molecule has 1 aliphatic heterocycles. The summed E-state index contributed by atoms with van der Waals surface area (Å²) < 4.78 is 38.6. The molecule has 2 aliphatic rings. The molecule has 166 valence electrons. The molecule has 1 saturated heterocycles. The van der Waals surface area contributed by atoms with Crippen molar-refractivity contribution in [2.24, 2.45) is 5.41 Å². The zero-order valence-electron chi connectivity index (χ0n) is 17.7. The van der Waals surface area contributed by atoms with Gasteiger partial charge in [0.2, 0.25) is 0 Å². The van der Waals surface area contributed by atoms with E-state index in [9.17, 15) is 18.0 Å². The third kappa shape index (κ3) is 4.46. The van der Waals surface area contributed by atoms with Gasteiger partial charge in [-0.2, -0.15) is 13.2 Å². The Morgan fingerprint density at radius 3 is 2.32 bits per heavy atom. The van der Waals surface area contributed by atoms with E-state index in [0.717, 1.165) is 54.6 Å². The molecule has 1 saturated carbocycles. The van der Waals surface area contributed by atoms with E-state index in [1.807, 2.05) is 18.2 Å². The average molecular weight is 451 g/mol. The lowest BCUT2D eigenvalue weighted by Gasteiger charge is -2.38. The first-order valence-corrected chi connectivity index (χ1v) is 10.9. The molecule has 0 spiro atoms. The normalized spacial score (nSPS) is 24.3. The second-order valence-electron chi connectivity index (χ2n) is 8.78. The van der Waals surface area contributed by atoms with Crippen molar-refractivity contribution in [3.63, 3.8) is 0 Å². The number of halogens is 4. The van der Waals surface area contributed by atoms with Crippen molar-refractivity contribution in [1.82, 2.24) is 4.90 Å². The van der Waals surface area contributed by atoms with Crippen LogP contribution in [0.15, 0.2) is 42.5 Å². The molecule has 1 unspecified atom stereocenters.